The molecule has 1 heterocycles. The summed E-state index contributed by atoms with van der Waals surface area (Å²) in [6.07, 6.45) is 7.95. The Kier molecular flexibility index (Phi) is 4.30. The van der Waals surface area contributed by atoms with Crippen LogP contribution in [-0.2, 0) is 4.74 Å². The Bertz CT molecular complexity index is 518. The van der Waals surface area contributed by atoms with Crippen LogP contribution >= 0.6 is 0 Å². The molecule has 0 aromatic heterocycles. The van der Waals surface area contributed by atoms with Gasteiger partial charge in [-0.3, -0.25) is 0 Å². The molecule has 23 heavy (non-hydrogen) atoms. The third kappa shape index (κ3) is 2.93. The van der Waals surface area contributed by atoms with Gasteiger partial charge in [-0.05, 0) is 76.0 Å². The van der Waals surface area contributed by atoms with Gasteiger partial charge in [-0.25, -0.2) is 0 Å². The molecular weight excluding hydrogens is 284 g/mol. The molecule has 0 amide bonds. The minimum Gasteiger partial charge on any atom is -0.389 e. The summed E-state index contributed by atoms with van der Waals surface area (Å²) in [7, 11) is 0. The highest BCUT2D eigenvalue weighted by Gasteiger charge is 2.58. The molecule has 1 saturated heterocycles. The minimum atomic E-state index is -0.340. The first-order valence-electron chi connectivity index (χ1n) is 9.36. The molecule has 0 radical (unpaired) electrons. The van der Waals surface area contributed by atoms with Crippen molar-refractivity contribution < 1.29 is 9.84 Å². The van der Waals surface area contributed by atoms with Gasteiger partial charge < -0.3 is 9.84 Å². The van der Waals surface area contributed by atoms with E-state index >= 15 is 0 Å². The van der Waals surface area contributed by atoms with Crippen LogP contribution in [0.5, 0.6) is 0 Å². The lowest BCUT2D eigenvalue weighted by Gasteiger charge is -2.58. The molecule has 3 rings (SSSR count). The quantitative estimate of drug-likeness (QED) is 0.594. The van der Waals surface area contributed by atoms with Crippen molar-refractivity contribution in [2.75, 3.05) is 0 Å². The molecule has 3 aliphatic rings. The molecule has 0 aromatic carbocycles. The van der Waals surface area contributed by atoms with E-state index in [9.17, 15) is 5.11 Å². The van der Waals surface area contributed by atoms with Crippen molar-refractivity contribution in [3.63, 3.8) is 0 Å². The van der Waals surface area contributed by atoms with E-state index in [0.717, 1.165) is 19.3 Å². The third-order valence-corrected chi connectivity index (χ3v) is 7.29. The Morgan fingerprint density at radius 1 is 1.35 bits per heavy atom. The molecule has 130 valence electrons. The number of aliphatic hydroxyl groups excluding tert-OH is 1. The molecule has 2 heteroatoms. The highest BCUT2D eigenvalue weighted by Crippen LogP contribution is 2.62. The number of hydrogen-bond donors (Lipinski definition) is 1. The lowest BCUT2D eigenvalue weighted by Crippen LogP contribution is -2.53. The van der Waals surface area contributed by atoms with E-state index < -0.39 is 0 Å². The van der Waals surface area contributed by atoms with E-state index in [0.29, 0.717) is 17.9 Å². The Morgan fingerprint density at radius 2 is 2.04 bits per heavy atom. The topological polar surface area (TPSA) is 32.8 Å². The number of aliphatic hydroxyl groups is 1. The van der Waals surface area contributed by atoms with Crippen LogP contribution in [0.25, 0.3) is 0 Å². The van der Waals surface area contributed by atoms with E-state index in [1.165, 1.54) is 24.0 Å². The lowest BCUT2D eigenvalue weighted by molar-refractivity contribution is -0.0920. The first-order valence-corrected chi connectivity index (χ1v) is 9.36. The fourth-order valence-corrected chi connectivity index (χ4v) is 5.24. The predicted octanol–water partition coefficient (Wildman–Crippen LogP) is 4.88. The maximum Gasteiger partial charge on any atom is 0.0920 e. The van der Waals surface area contributed by atoms with Gasteiger partial charge >= 0.3 is 0 Å². The molecule has 2 saturated carbocycles. The van der Waals surface area contributed by atoms with Crippen LogP contribution in [0.3, 0.4) is 0 Å². The SMILES string of the molecule is C=C1CCC2OC2(C)CCC2C1CC2(C)C(C)C(O)C=C(C)C. The van der Waals surface area contributed by atoms with E-state index in [1.54, 1.807) is 0 Å². The second kappa shape index (κ2) is 5.74. The highest BCUT2D eigenvalue weighted by molar-refractivity contribution is 5.19. The number of rotatable bonds is 3. The highest BCUT2D eigenvalue weighted by atomic mass is 16.6. The van der Waals surface area contributed by atoms with Crippen LogP contribution < -0.4 is 0 Å². The largest absolute Gasteiger partial charge is 0.389 e. The standard InChI is InChI=1S/C21H34O2/c1-13(2)11-18(22)15(4)20(5)12-16-14(3)7-8-19-21(6,23-19)10-9-17(16)20/h11,15-19,22H,3,7-10,12H2,1-2,4-6H3. The lowest BCUT2D eigenvalue weighted by atomic mass is 9.46. The molecule has 0 spiro atoms. The summed E-state index contributed by atoms with van der Waals surface area (Å²) in [6.45, 7) is 15.4. The van der Waals surface area contributed by atoms with Gasteiger partial charge in [0.05, 0.1) is 17.8 Å². The molecule has 7 atom stereocenters. The van der Waals surface area contributed by atoms with Gasteiger partial charge in [-0.2, -0.15) is 0 Å². The van der Waals surface area contributed by atoms with Gasteiger partial charge in [-0.1, -0.05) is 37.6 Å². The first kappa shape index (κ1) is 17.2. The van der Waals surface area contributed by atoms with Gasteiger partial charge in [-0.15, -0.1) is 0 Å². The number of allylic oxidation sites excluding steroid dienone is 2. The molecule has 0 aromatic rings. The molecule has 2 nitrogen and oxygen atoms in total. The van der Waals surface area contributed by atoms with Crippen LogP contribution in [0.1, 0.15) is 66.7 Å². The second-order valence-corrected chi connectivity index (χ2v) is 9.10. The van der Waals surface area contributed by atoms with Crippen LogP contribution in [0, 0.1) is 23.2 Å². The molecule has 7 unspecified atom stereocenters. The van der Waals surface area contributed by atoms with E-state index in [4.69, 9.17) is 4.74 Å². The fourth-order valence-electron chi connectivity index (χ4n) is 5.24. The average molecular weight is 319 g/mol. The summed E-state index contributed by atoms with van der Waals surface area (Å²) in [4.78, 5) is 0. The third-order valence-electron chi connectivity index (χ3n) is 7.29. The molecule has 1 aliphatic heterocycles. The molecule has 3 fully saturated rings. The van der Waals surface area contributed by atoms with Crippen LogP contribution in [0.15, 0.2) is 23.8 Å². The number of hydrogen-bond acceptors (Lipinski definition) is 2. The summed E-state index contributed by atoms with van der Waals surface area (Å²) in [5.41, 5.74) is 2.96. The average Bonchev–Trinajstić information content (AvgIpc) is 3.09. The van der Waals surface area contributed by atoms with Gasteiger partial charge in [0.2, 0.25) is 0 Å². The Morgan fingerprint density at radius 3 is 2.70 bits per heavy atom. The summed E-state index contributed by atoms with van der Waals surface area (Å²) in [5.74, 6) is 1.59. The van der Waals surface area contributed by atoms with E-state index in [1.807, 2.05) is 6.08 Å². The summed E-state index contributed by atoms with van der Waals surface area (Å²) in [6, 6.07) is 0. The monoisotopic (exact) mass is 318 g/mol. The molecule has 0 bridgehead atoms. The zero-order chi connectivity index (χ0) is 17.0. The number of fused-ring (bicyclic) bond motifs is 2. The van der Waals surface area contributed by atoms with Crippen molar-refractivity contribution in [1.82, 2.24) is 0 Å². The van der Waals surface area contributed by atoms with Crippen molar-refractivity contribution in [3.05, 3.63) is 23.8 Å². The van der Waals surface area contributed by atoms with Gasteiger partial charge in [0.15, 0.2) is 0 Å². The van der Waals surface area contributed by atoms with Crippen LogP contribution in [0.2, 0.25) is 0 Å². The van der Waals surface area contributed by atoms with E-state index in [-0.39, 0.29) is 23.0 Å². The van der Waals surface area contributed by atoms with Crippen molar-refractivity contribution in [2.45, 2.75) is 84.5 Å². The zero-order valence-corrected chi connectivity index (χ0v) is 15.6. The fraction of sp³-hybridized carbons (Fsp3) is 0.810. The Balaban J connectivity index is 1.77. The smallest absolute Gasteiger partial charge is 0.0920 e. The van der Waals surface area contributed by atoms with Crippen molar-refractivity contribution in [2.24, 2.45) is 23.2 Å². The molecule has 1 N–H and O–H groups in total. The van der Waals surface area contributed by atoms with Crippen molar-refractivity contribution in [3.8, 4) is 0 Å². The van der Waals surface area contributed by atoms with Crippen LogP contribution in [-0.4, -0.2) is 22.9 Å². The van der Waals surface area contributed by atoms with E-state index in [2.05, 4.69) is 41.2 Å². The maximum atomic E-state index is 10.6. The van der Waals surface area contributed by atoms with Crippen LogP contribution in [0.4, 0.5) is 0 Å². The first-order chi connectivity index (χ1) is 10.7. The zero-order valence-electron chi connectivity index (χ0n) is 15.6. The Labute approximate surface area is 142 Å². The van der Waals surface area contributed by atoms with Gasteiger partial charge in [0.1, 0.15) is 0 Å². The van der Waals surface area contributed by atoms with Crippen molar-refractivity contribution >= 4 is 0 Å². The number of ether oxygens (including phenoxy) is 1. The molecular formula is C21H34O2. The van der Waals surface area contributed by atoms with Crippen molar-refractivity contribution in [1.29, 1.82) is 0 Å². The second-order valence-electron chi connectivity index (χ2n) is 9.10. The van der Waals surface area contributed by atoms with Gasteiger partial charge in [0.25, 0.3) is 0 Å². The van der Waals surface area contributed by atoms with Gasteiger partial charge in [0, 0.05) is 0 Å². The predicted molar refractivity (Wildman–Crippen MR) is 95.2 cm³/mol. The number of epoxide rings is 1. The Hall–Kier alpha value is -0.600. The summed E-state index contributed by atoms with van der Waals surface area (Å²) in [5, 5.41) is 10.6. The normalized spacial score (nSPS) is 45.3. The molecule has 2 aliphatic carbocycles. The maximum absolute atomic E-state index is 10.6. The minimum absolute atomic E-state index is 0.118. The summed E-state index contributed by atoms with van der Waals surface area (Å²) < 4.78 is 5.97. The summed E-state index contributed by atoms with van der Waals surface area (Å²) >= 11 is 0.